The zero-order valence-corrected chi connectivity index (χ0v) is 21.5. The number of methoxy groups -OCH3 is 4. The van der Waals surface area contributed by atoms with Crippen LogP contribution in [0.3, 0.4) is 0 Å². The van der Waals surface area contributed by atoms with Crippen molar-refractivity contribution in [3.05, 3.63) is 54.7 Å². The minimum Gasteiger partial charge on any atom is -0.495 e. The Hall–Kier alpha value is -4.22. The summed E-state index contributed by atoms with van der Waals surface area (Å²) in [6, 6.07) is 8.11. The summed E-state index contributed by atoms with van der Waals surface area (Å²) >= 11 is 0. The third kappa shape index (κ3) is 5.79. The molecule has 0 fully saturated rings. The van der Waals surface area contributed by atoms with Gasteiger partial charge in [0.25, 0.3) is 0 Å². The van der Waals surface area contributed by atoms with Gasteiger partial charge in [0, 0.05) is 29.4 Å². The molecule has 37 heavy (non-hydrogen) atoms. The molecule has 2 aromatic carbocycles. The van der Waals surface area contributed by atoms with E-state index in [0.717, 1.165) is 11.3 Å². The molecule has 1 unspecified atom stereocenters. The molecule has 0 saturated heterocycles. The van der Waals surface area contributed by atoms with Crippen LogP contribution in [0.1, 0.15) is 5.69 Å². The van der Waals surface area contributed by atoms with Crippen molar-refractivity contribution in [2.45, 2.75) is 12.5 Å². The van der Waals surface area contributed by atoms with Gasteiger partial charge in [0.05, 0.1) is 52.7 Å². The van der Waals surface area contributed by atoms with Crippen molar-refractivity contribution in [3.8, 4) is 45.4 Å². The van der Waals surface area contributed by atoms with E-state index < -0.39 is 6.04 Å². The Morgan fingerprint density at radius 2 is 1.70 bits per heavy atom. The number of hydrogen-bond donors (Lipinski definition) is 3. The number of nitrogens with one attached hydrogen (secondary N) is 2. The van der Waals surface area contributed by atoms with Crippen molar-refractivity contribution in [3.63, 3.8) is 0 Å². The van der Waals surface area contributed by atoms with Gasteiger partial charge in [0.15, 0.2) is 17.3 Å². The van der Waals surface area contributed by atoms with Gasteiger partial charge >= 0.3 is 0 Å². The van der Waals surface area contributed by atoms with E-state index in [1.807, 2.05) is 6.07 Å². The Labute approximate surface area is 219 Å². The molecule has 0 aliphatic carbocycles. The zero-order chi connectivity index (χ0) is 25.7. The van der Waals surface area contributed by atoms with E-state index in [2.05, 4.69) is 20.4 Å². The summed E-state index contributed by atoms with van der Waals surface area (Å²) in [6.07, 6.45) is 5.07. The third-order valence-electron chi connectivity index (χ3n) is 5.60. The smallest absolute Gasteiger partial charge is 0.241 e. The first-order valence-electron chi connectivity index (χ1n) is 11.0. The van der Waals surface area contributed by atoms with Crippen molar-refractivity contribution in [2.24, 2.45) is 5.73 Å². The molecule has 4 rings (SSSR count). The molecule has 1 atom stereocenters. The minimum absolute atomic E-state index is 0. The predicted octanol–water partition coefficient (Wildman–Crippen LogP) is 3.70. The Morgan fingerprint density at radius 3 is 2.30 bits per heavy atom. The minimum atomic E-state index is -0.788. The van der Waals surface area contributed by atoms with Crippen molar-refractivity contribution < 1.29 is 28.3 Å². The Morgan fingerprint density at radius 1 is 1.00 bits per heavy atom. The third-order valence-corrected chi connectivity index (χ3v) is 5.60. The molecule has 11 nitrogen and oxygen atoms in total. The number of carbonyl (C=O) groups is 1. The molecule has 2 heterocycles. The van der Waals surface area contributed by atoms with Crippen LogP contribution in [0.15, 0.2) is 53.6 Å². The second kappa shape index (κ2) is 12.2. The number of rotatable bonds is 10. The molecule has 0 radical (unpaired) electrons. The molecule has 196 valence electrons. The molecule has 1 amide bonds. The van der Waals surface area contributed by atoms with Crippen LogP contribution in [-0.2, 0) is 11.2 Å². The highest BCUT2D eigenvalue weighted by Gasteiger charge is 2.21. The van der Waals surface area contributed by atoms with E-state index in [1.54, 1.807) is 36.7 Å². The molecular formula is C25H28ClN5O6. The molecular weight excluding hydrogens is 502 g/mol. The second-order valence-corrected chi connectivity index (χ2v) is 7.77. The van der Waals surface area contributed by atoms with Gasteiger partial charge in [-0.05, 0) is 29.8 Å². The van der Waals surface area contributed by atoms with Crippen molar-refractivity contribution >= 4 is 24.0 Å². The van der Waals surface area contributed by atoms with Crippen molar-refractivity contribution in [2.75, 3.05) is 33.8 Å². The Kier molecular flexibility index (Phi) is 8.99. The highest BCUT2D eigenvalue weighted by molar-refractivity contribution is 5.97. The van der Waals surface area contributed by atoms with Crippen LogP contribution in [0.2, 0.25) is 0 Å². The number of H-pyrrole nitrogens is 1. The first kappa shape index (κ1) is 27.4. The molecule has 4 aromatic rings. The number of aromatic amines is 1. The first-order valence-corrected chi connectivity index (χ1v) is 11.0. The van der Waals surface area contributed by atoms with E-state index in [-0.39, 0.29) is 18.3 Å². The monoisotopic (exact) mass is 529 g/mol. The van der Waals surface area contributed by atoms with Crippen LogP contribution in [-0.4, -0.2) is 55.5 Å². The lowest BCUT2D eigenvalue weighted by molar-refractivity contribution is -0.117. The lowest BCUT2D eigenvalue weighted by Gasteiger charge is -2.15. The van der Waals surface area contributed by atoms with E-state index in [9.17, 15) is 4.79 Å². The number of hydrogen-bond acceptors (Lipinski definition) is 9. The molecule has 2 aromatic heterocycles. The fraction of sp³-hybridized carbons (Fsp3) is 0.240. The summed E-state index contributed by atoms with van der Waals surface area (Å²) in [6.45, 7) is 0. The van der Waals surface area contributed by atoms with Crippen LogP contribution in [0.4, 0.5) is 5.69 Å². The SMILES string of the molecule is COc1ccc(-c2cnoc2-c2cc(OC)c(OC)c(OC)c2)cc1NC(=O)C(N)Cc1cnc[nH]1.Cl. The summed E-state index contributed by atoms with van der Waals surface area (Å²) in [7, 11) is 6.14. The number of nitrogens with two attached hydrogens (primary N) is 1. The fourth-order valence-electron chi connectivity index (χ4n) is 3.79. The number of ether oxygens (including phenoxy) is 4. The number of aromatic nitrogens is 3. The van der Waals surface area contributed by atoms with Gasteiger partial charge in [0.1, 0.15) is 5.75 Å². The topological polar surface area (TPSA) is 147 Å². The van der Waals surface area contributed by atoms with Gasteiger partial charge in [0.2, 0.25) is 11.7 Å². The van der Waals surface area contributed by atoms with Crippen LogP contribution < -0.4 is 30.0 Å². The molecule has 0 aliphatic rings. The fourth-order valence-corrected chi connectivity index (χ4v) is 3.79. The maximum atomic E-state index is 12.8. The van der Waals surface area contributed by atoms with E-state index >= 15 is 0 Å². The standard InChI is InChI=1S/C25H27N5O6.ClH/c1-32-20-6-5-14(7-19(20)30-25(31)18(26)10-16-11-27-13-28-16)17-12-29-36-23(17)15-8-21(33-2)24(35-4)22(9-15)34-3;/h5-9,11-13,18H,10,26H2,1-4H3,(H,27,28)(H,30,31);1H. The number of halogens is 1. The summed E-state index contributed by atoms with van der Waals surface area (Å²) in [5.74, 6) is 2.01. The number of anilines is 1. The maximum absolute atomic E-state index is 12.8. The van der Waals surface area contributed by atoms with E-state index in [1.165, 1.54) is 34.8 Å². The van der Waals surface area contributed by atoms with E-state index in [4.69, 9.17) is 29.2 Å². The van der Waals surface area contributed by atoms with Crippen molar-refractivity contribution in [1.82, 2.24) is 15.1 Å². The average molecular weight is 530 g/mol. The number of imidazole rings is 1. The second-order valence-electron chi connectivity index (χ2n) is 7.77. The summed E-state index contributed by atoms with van der Waals surface area (Å²) in [5, 5.41) is 6.85. The molecule has 12 heteroatoms. The van der Waals surface area contributed by atoms with Crippen LogP contribution in [0, 0.1) is 0 Å². The maximum Gasteiger partial charge on any atom is 0.241 e. The summed E-state index contributed by atoms with van der Waals surface area (Å²) < 4.78 is 27.4. The lowest BCUT2D eigenvalue weighted by Crippen LogP contribution is -2.37. The zero-order valence-electron chi connectivity index (χ0n) is 20.7. The lowest BCUT2D eigenvalue weighted by atomic mass is 10.0. The van der Waals surface area contributed by atoms with Gasteiger partial charge in [-0.2, -0.15) is 0 Å². The normalized spacial score (nSPS) is 11.3. The Balaban J connectivity index is 0.00000380. The largest absolute Gasteiger partial charge is 0.495 e. The number of amides is 1. The van der Waals surface area contributed by atoms with Gasteiger partial charge in [-0.15, -0.1) is 12.4 Å². The quantitative estimate of drug-likeness (QED) is 0.280. The predicted molar refractivity (Wildman–Crippen MR) is 140 cm³/mol. The highest BCUT2D eigenvalue weighted by Crippen LogP contribution is 2.44. The van der Waals surface area contributed by atoms with Crippen LogP contribution >= 0.6 is 12.4 Å². The molecule has 0 bridgehead atoms. The van der Waals surface area contributed by atoms with Crippen LogP contribution in [0.5, 0.6) is 23.0 Å². The average Bonchev–Trinajstić information content (AvgIpc) is 3.60. The number of carbonyl (C=O) groups excluding carboxylic acids is 1. The number of benzene rings is 2. The van der Waals surface area contributed by atoms with Crippen molar-refractivity contribution in [1.29, 1.82) is 0 Å². The molecule has 4 N–H and O–H groups in total. The first-order chi connectivity index (χ1) is 17.5. The Bertz CT molecular complexity index is 1320. The van der Waals surface area contributed by atoms with Crippen LogP contribution in [0.25, 0.3) is 22.5 Å². The number of nitrogens with zero attached hydrogens (tertiary/aromatic N) is 2. The summed E-state index contributed by atoms with van der Waals surface area (Å²) in [4.78, 5) is 19.7. The van der Waals surface area contributed by atoms with E-state index in [0.29, 0.717) is 52.0 Å². The highest BCUT2D eigenvalue weighted by atomic mass is 35.5. The molecule has 0 aliphatic heterocycles. The summed E-state index contributed by atoms with van der Waals surface area (Å²) in [5.41, 5.74) is 9.40. The van der Waals surface area contributed by atoms with Gasteiger partial charge in [-0.25, -0.2) is 4.98 Å². The molecule has 0 saturated carbocycles. The van der Waals surface area contributed by atoms with Gasteiger partial charge in [-0.3, -0.25) is 4.79 Å². The van der Waals surface area contributed by atoms with Gasteiger partial charge in [-0.1, -0.05) is 11.2 Å². The van der Waals surface area contributed by atoms with Gasteiger partial charge < -0.3 is 39.5 Å². The molecule has 0 spiro atoms.